The van der Waals surface area contributed by atoms with E-state index in [1.54, 1.807) is 6.20 Å². The molecule has 1 aromatic heterocycles. The van der Waals surface area contributed by atoms with Crippen LogP contribution in [0, 0.1) is 0 Å². The lowest BCUT2D eigenvalue weighted by atomic mass is 10.1. The molecule has 1 aliphatic heterocycles. The molecule has 1 fully saturated rings. The van der Waals surface area contributed by atoms with Crippen molar-refractivity contribution in [1.82, 2.24) is 19.3 Å². The maximum absolute atomic E-state index is 12.3. The van der Waals surface area contributed by atoms with Crippen LogP contribution in [0.2, 0.25) is 0 Å². The second kappa shape index (κ2) is 5.22. The Morgan fingerprint density at radius 1 is 1.44 bits per heavy atom. The standard InChI is InChI=1S/C10H18N4O2S2/c1-10(2,9-12-5-8-17-9)13-18(15,16)14-6-3-11-4-7-14/h5,8,11,13H,3-4,6-7H2,1-2H3. The molecule has 2 rings (SSSR count). The molecule has 6 nitrogen and oxygen atoms in total. The van der Waals surface area contributed by atoms with Crippen molar-refractivity contribution in [2.45, 2.75) is 19.4 Å². The number of nitrogens with zero attached hydrogens (tertiary/aromatic N) is 2. The highest BCUT2D eigenvalue weighted by Crippen LogP contribution is 2.23. The summed E-state index contributed by atoms with van der Waals surface area (Å²) in [6.45, 7) is 6.04. The van der Waals surface area contributed by atoms with Gasteiger partial charge in [-0.2, -0.15) is 17.4 Å². The van der Waals surface area contributed by atoms with Crippen LogP contribution in [0.15, 0.2) is 11.6 Å². The molecule has 18 heavy (non-hydrogen) atoms. The van der Waals surface area contributed by atoms with Crippen LogP contribution < -0.4 is 10.0 Å². The van der Waals surface area contributed by atoms with Gasteiger partial charge in [0.15, 0.2) is 0 Å². The average molecular weight is 290 g/mol. The molecular formula is C10H18N4O2S2. The number of hydrogen-bond donors (Lipinski definition) is 2. The van der Waals surface area contributed by atoms with Crippen LogP contribution in [0.4, 0.5) is 0 Å². The molecule has 0 aliphatic carbocycles. The molecule has 102 valence electrons. The van der Waals surface area contributed by atoms with Crippen LogP contribution in [-0.4, -0.2) is 43.9 Å². The maximum Gasteiger partial charge on any atom is 0.280 e. The summed E-state index contributed by atoms with van der Waals surface area (Å²) in [4.78, 5) is 4.18. The van der Waals surface area contributed by atoms with Crippen molar-refractivity contribution in [1.29, 1.82) is 0 Å². The van der Waals surface area contributed by atoms with Crippen LogP contribution in [-0.2, 0) is 15.7 Å². The van der Waals surface area contributed by atoms with Gasteiger partial charge in [0.1, 0.15) is 5.01 Å². The second-order valence-electron chi connectivity index (χ2n) is 4.72. The summed E-state index contributed by atoms with van der Waals surface area (Å²) in [5.41, 5.74) is -0.683. The summed E-state index contributed by atoms with van der Waals surface area (Å²) in [5.74, 6) is 0. The number of thiazole rings is 1. The normalized spacial score (nSPS) is 19.0. The van der Waals surface area contributed by atoms with E-state index in [0.717, 1.165) is 5.01 Å². The van der Waals surface area contributed by atoms with Gasteiger partial charge >= 0.3 is 0 Å². The molecular weight excluding hydrogens is 272 g/mol. The SMILES string of the molecule is CC(C)(NS(=O)(=O)N1CCNCC1)c1nccs1. The molecule has 0 unspecified atom stereocenters. The molecule has 0 bridgehead atoms. The first-order chi connectivity index (χ1) is 8.42. The summed E-state index contributed by atoms with van der Waals surface area (Å²) in [6.07, 6.45) is 1.68. The summed E-state index contributed by atoms with van der Waals surface area (Å²) in [5, 5.41) is 5.74. The predicted octanol–water partition coefficient (Wildman–Crippen LogP) is 0.118. The number of piperazine rings is 1. The zero-order valence-corrected chi connectivity index (χ0v) is 12.1. The van der Waals surface area contributed by atoms with E-state index in [1.165, 1.54) is 15.6 Å². The molecule has 0 aromatic carbocycles. The monoisotopic (exact) mass is 290 g/mol. The van der Waals surface area contributed by atoms with E-state index < -0.39 is 15.7 Å². The van der Waals surface area contributed by atoms with E-state index in [0.29, 0.717) is 26.2 Å². The highest BCUT2D eigenvalue weighted by Gasteiger charge is 2.33. The smallest absolute Gasteiger partial charge is 0.280 e. The quantitative estimate of drug-likeness (QED) is 0.826. The van der Waals surface area contributed by atoms with Crippen LogP contribution in [0.25, 0.3) is 0 Å². The maximum atomic E-state index is 12.3. The van der Waals surface area contributed by atoms with E-state index in [4.69, 9.17) is 0 Å². The van der Waals surface area contributed by atoms with Crippen LogP contribution in [0.5, 0.6) is 0 Å². The Morgan fingerprint density at radius 2 is 2.11 bits per heavy atom. The molecule has 0 spiro atoms. The molecule has 0 saturated carbocycles. The van der Waals surface area contributed by atoms with Crippen LogP contribution in [0.3, 0.4) is 0 Å². The Morgan fingerprint density at radius 3 is 2.67 bits per heavy atom. The van der Waals surface area contributed by atoms with E-state index >= 15 is 0 Å². The molecule has 2 N–H and O–H groups in total. The van der Waals surface area contributed by atoms with Crippen molar-refractivity contribution >= 4 is 21.5 Å². The third-order valence-electron chi connectivity index (χ3n) is 2.77. The van der Waals surface area contributed by atoms with Crippen molar-refractivity contribution in [2.24, 2.45) is 0 Å². The number of nitrogens with one attached hydrogen (secondary N) is 2. The fourth-order valence-corrected chi connectivity index (χ4v) is 4.16. The van der Waals surface area contributed by atoms with Gasteiger partial charge in [0.05, 0.1) is 5.54 Å². The zero-order chi connectivity index (χ0) is 13.2. The van der Waals surface area contributed by atoms with Gasteiger partial charge in [0.25, 0.3) is 10.2 Å². The van der Waals surface area contributed by atoms with Crippen molar-refractivity contribution in [2.75, 3.05) is 26.2 Å². The van der Waals surface area contributed by atoms with Gasteiger partial charge in [0, 0.05) is 37.8 Å². The molecule has 2 heterocycles. The van der Waals surface area contributed by atoms with Gasteiger partial charge < -0.3 is 5.32 Å². The second-order valence-corrected chi connectivity index (χ2v) is 7.28. The minimum atomic E-state index is -3.46. The molecule has 1 aromatic rings. The van der Waals surface area contributed by atoms with E-state index in [2.05, 4.69) is 15.0 Å². The number of aromatic nitrogens is 1. The first-order valence-corrected chi connectivity index (χ1v) is 8.13. The van der Waals surface area contributed by atoms with Crippen molar-refractivity contribution in [3.8, 4) is 0 Å². The third-order valence-corrected chi connectivity index (χ3v) is 5.68. The minimum absolute atomic E-state index is 0.503. The minimum Gasteiger partial charge on any atom is -0.314 e. The lowest BCUT2D eigenvalue weighted by molar-refractivity contribution is 0.341. The van der Waals surface area contributed by atoms with Gasteiger partial charge in [0.2, 0.25) is 0 Å². The van der Waals surface area contributed by atoms with Crippen LogP contribution >= 0.6 is 11.3 Å². The number of hydrogen-bond acceptors (Lipinski definition) is 5. The van der Waals surface area contributed by atoms with E-state index in [1.807, 2.05) is 19.2 Å². The highest BCUT2D eigenvalue weighted by atomic mass is 32.2. The Hall–Kier alpha value is -0.540. The lowest BCUT2D eigenvalue weighted by Gasteiger charge is -2.31. The highest BCUT2D eigenvalue weighted by molar-refractivity contribution is 7.87. The number of rotatable bonds is 4. The third kappa shape index (κ3) is 3.07. The van der Waals surface area contributed by atoms with Gasteiger partial charge in [-0.15, -0.1) is 11.3 Å². The molecule has 0 radical (unpaired) electrons. The average Bonchev–Trinajstić information content (AvgIpc) is 2.83. The molecule has 1 saturated heterocycles. The first kappa shape index (κ1) is 13.9. The van der Waals surface area contributed by atoms with E-state index in [-0.39, 0.29) is 0 Å². The van der Waals surface area contributed by atoms with Crippen LogP contribution in [0.1, 0.15) is 18.9 Å². The van der Waals surface area contributed by atoms with Crippen molar-refractivity contribution in [3.05, 3.63) is 16.6 Å². The molecule has 1 aliphatic rings. The Balaban J connectivity index is 2.12. The largest absolute Gasteiger partial charge is 0.314 e. The fourth-order valence-electron chi connectivity index (χ4n) is 1.85. The Labute approximate surface area is 112 Å². The van der Waals surface area contributed by atoms with Gasteiger partial charge in [-0.1, -0.05) is 0 Å². The van der Waals surface area contributed by atoms with Crippen molar-refractivity contribution < 1.29 is 8.42 Å². The van der Waals surface area contributed by atoms with E-state index in [9.17, 15) is 8.42 Å². The summed E-state index contributed by atoms with van der Waals surface area (Å²) in [7, 11) is -3.46. The molecule has 0 atom stereocenters. The summed E-state index contributed by atoms with van der Waals surface area (Å²) < 4.78 is 28.7. The van der Waals surface area contributed by atoms with Gasteiger partial charge in [-0.05, 0) is 13.8 Å². The van der Waals surface area contributed by atoms with Gasteiger partial charge in [-0.25, -0.2) is 4.98 Å². The fraction of sp³-hybridized carbons (Fsp3) is 0.700. The Bertz CT molecular complexity index is 478. The lowest BCUT2D eigenvalue weighted by Crippen LogP contribution is -2.54. The first-order valence-electron chi connectivity index (χ1n) is 5.81. The topological polar surface area (TPSA) is 74.3 Å². The summed E-state index contributed by atoms with van der Waals surface area (Å²) in [6, 6.07) is 0. The van der Waals surface area contributed by atoms with Crippen molar-refractivity contribution in [3.63, 3.8) is 0 Å². The predicted molar refractivity (Wildman–Crippen MR) is 71.6 cm³/mol. The zero-order valence-electron chi connectivity index (χ0n) is 10.5. The summed E-state index contributed by atoms with van der Waals surface area (Å²) >= 11 is 1.45. The van der Waals surface area contributed by atoms with Gasteiger partial charge in [-0.3, -0.25) is 0 Å². The Kier molecular flexibility index (Phi) is 4.02. The molecule has 8 heteroatoms. The molecule has 0 amide bonds.